The second-order valence-corrected chi connectivity index (χ2v) is 6.19. The summed E-state index contributed by atoms with van der Waals surface area (Å²) in [6, 6.07) is 12.7. The third-order valence-electron chi connectivity index (χ3n) is 4.23. The molecule has 29 heavy (non-hydrogen) atoms. The number of hydrogen-bond acceptors (Lipinski definition) is 3. The Morgan fingerprint density at radius 2 is 1.69 bits per heavy atom. The molecule has 2 aromatic heterocycles. The van der Waals surface area contributed by atoms with Crippen molar-refractivity contribution in [3.05, 3.63) is 72.7 Å². The van der Waals surface area contributed by atoms with Gasteiger partial charge in [0, 0.05) is 23.1 Å². The number of nitrogens with zero attached hydrogens (tertiary/aromatic N) is 2. The minimum absolute atomic E-state index is 0.0485. The number of halogens is 3. The van der Waals surface area contributed by atoms with E-state index in [4.69, 9.17) is 0 Å². The molecule has 3 N–H and O–H groups in total. The number of urea groups is 1. The van der Waals surface area contributed by atoms with Crippen LogP contribution < -0.4 is 10.6 Å². The van der Waals surface area contributed by atoms with E-state index in [0.717, 1.165) is 28.8 Å². The molecule has 0 aliphatic rings. The molecule has 2 heterocycles. The van der Waals surface area contributed by atoms with Crippen molar-refractivity contribution in [2.24, 2.45) is 0 Å². The van der Waals surface area contributed by atoms with Crippen LogP contribution in [0.15, 0.2) is 67.1 Å². The number of aromatic nitrogens is 3. The van der Waals surface area contributed by atoms with Crippen molar-refractivity contribution in [3.63, 3.8) is 0 Å². The standard InChI is InChI=1S/C20H14F3N5O/c21-20(22,23)13-2-1-3-15(10-13)28-19(29)27-14-6-4-12(5-7-14)16-8-9-24-18-17(16)25-11-26-18/h1-11H,(H,24,25,26)(H2,27,28,29). The number of amides is 2. The molecule has 9 heteroatoms. The molecule has 6 nitrogen and oxygen atoms in total. The molecule has 0 saturated heterocycles. The number of hydrogen-bond donors (Lipinski definition) is 3. The first kappa shape index (κ1) is 18.5. The fraction of sp³-hybridized carbons (Fsp3) is 0.0500. The van der Waals surface area contributed by atoms with Crippen molar-refractivity contribution >= 4 is 28.6 Å². The summed E-state index contributed by atoms with van der Waals surface area (Å²) < 4.78 is 38.3. The van der Waals surface area contributed by atoms with Gasteiger partial charge in [-0.05, 0) is 42.0 Å². The van der Waals surface area contributed by atoms with Gasteiger partial charge in [0.05, 0.1) is 17.4 Å². The van der Waals surface area contributed by atoms with Gasteiger partial charge in [-0.15, -0.1) is 0 Å². The lowest BCUT2D eigenvalue weighted by molar-refractivity contribution is -0.137. The largest absolute Gasteiger partial charge is 0.416 e. The van der Waals surface area contributed by atoms with E-state index in [1.807, 2.05) is 18.2 Å². The maximum Gasteiger partial charge on any atom is 0.416 e. The summed E-state index contributed by atoms with van der Waals surface area (Å²) in [6.07, 6.45) is -1.25. The van der Waals surface area contributed by atoms with Gasteiger partial charge in [0.2, 0.25) is 0 Å². The second-order valence-electron chi connectivity index (χ2n) is 6.19. The van der Waals surface area contributed by atoms with Gasteiger partial charge in [0.25, 0.3) is 0 Å². The van der Waals surface area contributed by atoms with E-state index in [2.05, 4.69) is 25.6 Å². The zero-order valence-corrected chi connectivity index (χ0v) is 14.8. The number of rotatable bonds is 3. The molecule has 2 amide bonds. The SMILES string of the molecule is O=C(Nc1ccc(-c2ccnc3nc[nH]c23)cc1)Nc1cccc(C(F)(F)F)c1. The molecule has 0 aliphatic carbocycles. The Hall–Kier alpha value is -3.88. The van der Waals surface area contributed by atoms with Crippen molar-refractivity contribution < 1.29 is 18.0 Å². The van der Waals surface area contributed by atoms with Gasteiger partial charge in [-0.25, -0.2) is 14.8 Å². The van der Waals surface area contributed by atoms with Crippen LogP contribution in [0, 0.1) is 0 Å². The first-order chi connectivity index (χ1) is 13.9. The lowest BCUT2D eigenvalue weighted by atomic mass is 10.1. The monoisotopic (exact) mass is 397 g/mol. The third-order valence-corrected chi connectivity index (χ3v) is 4.23. The average molecular weight is 397 g/mol. The van der Waals surface area contributed by atoms with Gasteiger partial charge in [-0.2, -0.15) is 13.2 Å². The Labute approximate surface area is 162 Å². The number of pyridine rings is 1. The topological polar surface area (TPSA) is 82.7 Å². The molecule has 4 aromatic rings. The molecule has 2 aromatic carbocycles. The van der Waals surface area contributed by atoms with Crippen LogP contribution in [0.25, 0.3) is 22.3 Å². The van der Waals surface area contributed by atoms with Crippen LogP contribution in [0.2, 0.25) is 0 Å². The van der Waals surface area contributed by atoms with Crippen LogP contribution in [-0.2, 0) is 6.18 Å². The van der Waals surface area contributed by atoms with Crippen molar-refractivity contribution in [1.29, 1.82) is 0 Å². The quantitative estimate of drug-likeness (QED) is 0.439. The first-order valence-corrected chi connectivity index (χ1v) is 8.54. The number of benzene rings is 2. The van der Waals surface area contributed by atoms with Crippen LogP contribution in [0.1, 0.15) is 5.56 Å². The Kier molecular flexibility index (Phi) is 4.63. The Morgan fingerprint density at radius 1 is 0.931 bits per heavy atom. The first-order valence-electron chi connectivity index (χ1n) is 8.54. The zero-order chi connectivity index (χ0) is 20.4. The van der Waals surface area contributed by atoms with E-state index >= 15 is 0 Å². The van der Waals surface area contributed by atoms with Gasteiger partial charge < -0.3 is 15.6 Å². The van der Waals surface area contributed by atoms with Gasteiger partial charge in [-0.3, -0.25) is 0 Å². The van der Waals surface area contributed by atoms with Gasteiger partial charge in [-0.1, -0.05) is 18.2 Å². The summed E-state index contributed by atoms with van der Waals surface area (Å²) in [4.78, 5) is 23.4. The van der Waals surface area contributed by atoms with Crippen molar-refractivity contribution in [3.8, 4) is 11.1 Å². The molecule has 0 saturated carbocycles. The number of fused-ring (bicyclic) bond motifs is 1. The molecule has 0 atom stereocenters. The summed E-state index contributed by atoms with van der Waals surface area (Å²) in [5, 5.41) is 4.99. The molecular weight excluding hydrogens is 383 g/mol. The van der Waals surface area contributed by atoms with Crippen molar-refractivity contribution in [2.75, 3.05) is 10.6 Å². The third kappa shape index (κ3) is 4.03. The van der Waals surface area contributed by atoms with E-state index in [9.17, 15) is 18.0 Å². The molecule has 4 rings (SSSR count). The van der Waals surface area contributed by atoms with Crippen molar-refractivity contribution in [2.45, 2.75) is 6.18 Å². The minimum atomic E-state index is -4.48. The van der Waals surface area contributed by atoms with Crippen LogP contribution in [0.4, 0.5) is 29.3 Å². The summed E-state index contributed by atoms with van der Waals surface area (Å²) in [6.45, 7) is 0. The molecule has 0 aliphatic heterocycles. The maximum absolute atomic E-state index is 12.8. The highest BCUT2D eigenvalue weighted by Gasteiger charge is 2.30. The summed E-state index contributed by atoms with van der Waals surface area (Å²) in [5.74, 6) is 0. The van der Waals surface area contributed by atoms with Crippen LogP contribution in [0.5, 0.6) is 0 Å². The predicted molar refractivity (Wildman–Crippen MR) is 103 cm³/mol. The van der Waals surface area contributed by atoms with E-state index < -0.39 is 17.8 Å². The molecule has 146 valence electrons. The summed E-state index contributed by atoms with van der Waals surface area (Å²) in [7, 11) is 0. The second kappa shape index (κ2) is 7.27. The van der Waals surface area contributed by atoms with Crippen LogP contribution in [0.3, 0.4) is 0 Å². The summed E-state index contributed by atoms with van der Waals surface area (Å²) in [5.41, 5.74) is 2.92. The van der Waals surface area contributed by atoms with Crippen molar-refractivity contribution in [1.82, 2.24) is 15.0 Å². The zero-order valence-electron chi connectivity index (χ0n) is 14.8. The fourth-order valence-electron chi connectivity index (χ4n) is 2.89. The van der Waals surface area contributed by atoms with Crippen LogP contribution >= 0.6 is 0 Å². The van der Waals surface area contributed by atoms with E-state index in [0.29, 0.717) is 11.3 Å². The molecular formula is C20H14F3N5O. The molecule has 0 bridgehead atoms. The van der Waals surface area contributed by atoms with E-state index in [1.165, 1.54) is 12.1 Å². The Morgan fingerprint density at radius 3 is 2.45 bits per heavy atom. The van der Waals surface area contributed by atoms with Gasteiger partial charge >= 0.3 is 12.2 Å². The minimum Gasteiger partial charge on any atom is -0.343 e. The Bertz CT molecular complexity index is 1170. The highest BCUT2D eigenvalue weighted by Crippen LogP contribution is 2.31. The molecule has 0 radical (unpaired) electrons. The number of carbonyl (C=O) groups is 1. The normalized spacial score (nSPS) is 11.4. The van der Waals surface area contributed by atoms with Crippen LogP contribution in [-0.4, -0.2) is 21.0 Å². The molecule has 0 spiro atoms. The van der Waals surface area contributed by atoms with E-state index in [-0.39, 0.29) is 5.69 Å². The summed E-state index contributed by atoms with van der Waals surface area (Å²) >= 11 is 0. The average Bonchev–Trinajstić information content (AvgIpc) is 3.17. The predicted octanol–water partition coefficient (Wildman–Crippen LogP) is 5.29. The van der Waals surface area contributed by atoms with E-state index in [1.54, 1.807) is 24.7 Å². The molecule has 0 fully saturated rings. The number of carbonyl (C=O) groups excluding carboxylic acids is 1. The Balaban J connectivity index is 1.47. The highest BCUT2D eigenvalue weighted by atomic mass is 19.4. The number of imidazole rings is 1. The smallest absolute Gasteiger partial charge is 0.343 e. The van der Waals surface area contributed by atoms with Gasteiger partial charge in [0.1, 0.15) is 0 Å². The highest BCUT2D eigenvalue weighted by molar-refractivity contribution is 6.00. The number of alkyl halides is 3. The van der Waals surface area contributed by atoms with Gasteiger partial charge in [0.15, 0.2) is 5.65 Å². The molecule has 0 unspecified atom stereocenters. The lowest BCUT2D eigenvalue weighted by Gasteiger charge is -2.11. The maximum atomic E-state index is 12.8. The number of aromatic amines is 1. The lowest BCUT2D eigenvalue weighted by Crippen LogP contribution is -2.19. The number of H-pyrrole nitrogens is 1. The number of anilines is 2. The fourth-order valence-corrected chi connectivity index (χ4v) is 2.89. The number of nitrogens with one attached hydrogen (secondary N) is 3.